The van der Waals surface area contributed by atoms with Crippen molar-refractivity contribution in [2.45, 2.75) is 4.64 Å². The van der Waals surface area contributed by atoms with Gasteiger partial charge >= 0.3 is 33.4 Å². The standard InChI is InChI=1S/C6H15O11P3/c1-14-5(7)6(18(8,9)15-2,19(10,11)16-3)20(12,13)17-4/h1-4H3,(H,8,9)(H,10,11)(H,12,13). The van der Waals surface area contributed by atoms with Crippen LogP contribution in [0.5, 0.6) is 0 Å². The van der Waals surface area contributed by atoms with Crippen molar-refractivity contribution in [3.8, 4) is 0 Å². The second kappa shape index (κ2) is 6.36. The Morgan fingerprint density at radius 3 is 1.20 bits per heavy atom. The van der Waals surface area contributed by atoms with Crippen LogP contribution in [0.2, 0.25) is 0 Å². The highest BCUT2D eigenvalue weighted by Crippen LogP contribution is 2.86. The fourth-order valence-electron chi connectivity index (χ4n) is 1.34. The Hall–Kier alpha value is -0.0800. The first-order valence-electron chi connectivity index (χ1n) is 4.66. The summed E-state index contributed by atoms with van der Waals surface area (Å²) in [4.78, 5) is 40.8. The number of esters is 1. The first-order chi connectivity index (χ1) is 8.91. The summed E-state index contributed by atoms with van der Waals surface area (Å²) >= 11 is 0. The number of rotatable bonds is 7. The number of methoxy groups -OCH3 is 1. The lowest BCUT2D eigenvalue weighted by Crippen LogP contribution is -2.40. The van der Waals surface area contributed by atoms with Gasteiger partial charge in [-0.3, -0.25) is 13.7 Å². The van der Waals surface area contributed by atoms with Crippen molar-refractivity contribution >= 4 is 28.8 Å². The van der Waals surface area contributed by atoms with E-state index in [1.54, 1.807) is 0 Å². The maximum Gasteiger partial charge on any atom is 0.370 e. The van der Waals surface area contributed by atoms with Gasteiger partial charge in [0.15, 0.2) is 0 Å². The van der Waals surface area contributed by atoms with Crippen molar-refractivity contribution in [1.29, 1.82) is 0 Å². The summed E-state index contributed by atoms with van der Waals surface area (Å²) in [6, 6.07) is 0. The molecular weight excluding hydrogens is 341 g/mol. The summed E-state index contributed by atoms with van der Waals surface area (Å²) in [5.74, 6) is -1.97. The van der Waals surface area contributed by atoms with E-state index in [0.717, 1.165) is 0 Å². The van der Waals surface area contributed by atoms with Crippen molar-refractivity contribution < 1.29 is 51.5 Å². The van der Waals surface area contributed by atoms with Gasteiger partial charge in [-0.05, 0) is 0 Å². The maximum atomic E-state index is 12.0. The zero-order chi connectivity index (χ0) is 16.4. The van der Waals surface area contributed by atoms with Crippen molar-refractivity contribution in [3.63, 3.8) is 0 Å². The molecule has 0 rings (SSSR count). The van der Waals surface area contributed by atoms with Crippen LogP contribution in [-0.2, 0) is 36.8 Å². The monoisotopic (exact) mass is 356 g/mol. The Bertz CT molecular complexity index is 452. The van der Waals surface area contributed by atoms with E-state index in [-0.39, 0.29) is 0 Å². The number of hydrogen-bond donors (Lipinski definition) is 3. The van der Waals surface area contributed by atoms with Crippen LogP contribution in [0.3, 0.4) is 0 Å². The molecule has 14 heteroatoms. The minimum absolute atomic E-state index is 0.587. The van der Waals surface area contributed by atoms with Crippen LogP contribution in [0.1, 0.15) is 0 Å². The van der Waals surface area contributed by atoms with E-state index in [1.165, 1.54) is 0 Å². The summed E-state index contributed by atoms with van der Waals surface area (Å²) in [6.45, 7) is 0. The van der Waals surface area contributed by atoms with Crippen LogP contribution < -0.4 is 0 Å². The normalized spacial score (nSPS) is 23.8. The summed E-state index contributed by atoms with van der Waals surface area (Å²) in [5.41, 5.74) is 0. The quantitative estimate of drug-likeness (QED) is 0.424. The van der Waals surface area contributed by atoms with E-state index in [1.807, 2.05) is 0 Å². The van der Waals surface area contributed by atoms with E-state index < -0.39 is 33.4 Å². The van der Waals surface area contributed by atoms with Gasteiger partial charge in [0.25, 0.3) is 0 Å². The molecule has 3 N–H and O–H groups in total. The Kier molecular flexibility index (Phi) is 6.33. The lowest BCUT2D eigenvalue weighted by Gasteiger charge is -2.36. The van der Waals surface area contributed by atoms with Crippen molar-refractivity contribution in [3.05, 3.63) is 0 Å². The SMILES string of the molecule is COC(=O)C(P(=O)(O)OC)(P(=O)(O)OC)P(=O)(O)OC. The van der Waals surface area contributed by atoms with Gasteiger partial charge in [-0.1, -0.05) is 0 Å². The van der Waals surface area contributed by atoms with Gasteiger partial charge in [0.1, 0.15) is 0 Å². The maximum absolute atomic E-state index is 12.0. The Morgan fingerprint density at radius 1 is 0.800 bits per heavy atom. The molecule has 0 aromatic rings. The minimum atomic E-state index is -5.51. The Labute approximate surface area is 114 Å². The molecule has 0 radical (unpaired) electrons. The molecule has 0 aromatic heterocycles. The van der Waals surface area contributed by atoms with E-state index >= 15 is 0 Å². The molecule has 0 aliphatic carbocycles. The van der Waals surface area contributed by atoms with Crippen molar-refractivity contribution in [2.24, 2.45) is 0 Å². The number of hydrogen-bond acceptors (Lipinski definition) is 8. The third-order valence-electron chi connectivity index (χ3n) is 2.38. The molecule has 3 atom stereocenters. The highest BCUT2D eigenvalue weighted by molar-refractivity contribution is 7.91. The molecule has 0 spiro atoms. The second-order valence-electron chi connectivity index (χ2n) is 3.24. The van der Waals surface area contributed by atoms with Gasteiger partial charge < -0.3 is 33.0 Å². The van der Waals surface area contributed by atoms with Crippen LogP contribution in [0.4, 0.5) is 0 Å². The predicted molar refractivity (Wildman–Crippen MR) is 65.2 cm³/mol. The van der Waals surface area contributed by atoms with E-state index in [9.17, 15) is 33.2 Å². The summed E-state index contributed by atoms with van der Waals surface area (Å²) < 4.78 is 48.6. The number of carbonyl (C=O) groups is 1. The molecule has 11 nitrogen and oxygen atoms in total. The molecule has 0 aliphatic heterocycles. The fourth-order valence-corrected chi connectivity index (χ4v) is 8.38. The Morgan fingerprint density at radius 2 is 1.05 bits per heavy atom. The lowest BCUT2D eigenvalue weighted by atomic mass is 10.8. The summed E-state index contributed by atoms with van der Waals surface area (Å²) in [5, 5.41) is 0. The van der Waals surface area contributed by atoms with Gasteiger partial charge in [0.05, 0.1) is 7.11 Å². The molecule has 120 valence electrons. The van der Waals surface area contributed by atoms with Gasteiger partial charge in [0.2, 0.25) is 0 Å². The summed E-state index contributed by atoms with van der Waals surface area (Å²) in [7, 11) is -14.1. The molecular formula is C6H15O11P3. The van der Waals surface area contributed by atoms with Crippen LogP contribution in [0, 0.1) is 0 Å². The molecule has 20 heavy (non-hydrogen) atoms. The van der Waals surface area contributed by atoms with E-state index in [2.05, 4.69) is 18.3 Å². The zero-order valence-corrected chi connectivity index (χ0v) is 13.6. The molecule has 0 aliphatic rings. The fraction of sp³-hybridized carbons (Fsp3) is 0.833. The molecule has 3 unspecified atom stereocenters. The molecule has 0 amide bonds. The number of carbonyl (C=O) groups excluding carboxylic acids is 1. The first kappa shape index (κ1) is 19.9. The summed E-state index contributed by atoms with van der Waals surface area (Å²) in [6.07, 6.45) is 0. The third kappa shape index (κ3) is 2.66. The van der Waals surface area contributed by atoms with Gasteiger partial charge in [0, 0.05) is 21.3 Å². The van der Waals surface area contributed by atoms with Crippen LogP contribution >= 0.6 is 22.8 Å². The highest BCUT2D eigenvalue weighted by Gasteiger charge is 2.80. The average molecular weight is 356 g/mol. The first-order valence-corrected chi connectivity index (χ1v) is 9.39. The molecule has 0 heterocycles. The molecule has 0 aromatic carbocycles. The lowest BCUT2D eigenvalue weighted by molar-refractivity contribution is -0.140. The van der Waals surface area contributed by atoms with E-state index in [4.69, 9.17) is 0 Å². The Balaban J connectivity index is 6.89. The van der Waals surface area contributed by atoms with Crippen molar-refractivity contribution in [1.82, 2.24) is 0 Å². The third-order valence-corrected chi connectivity index (χ3v) is 11.3. The van der Waals surface area contributed by atoms with Crippen LogP contribution in [0.25, 0.3) is 0 Å². The largest absolute Gasteiger partial charge is 0.467 e. The molecule has 0 fully saturated rings. The smallest absolute Gasteiger partial charge is 0.370 e. The predicted octanol–water partition coefficient (Wildman–Crippen LogP) is 0.309. The van der Waals surface area contributed by atoms with Crippen molar-refractivity contribution in [2.75, 3.05) is 28.4 Å². The van der Waals surface area contributed by atoms with Gasteiger partial charge in [-0.25, -0.2) is 4.79 Å². The average Bonchev–Trinajstić information content (AvgIpc) is 2.38. The topological polar surface area (TPSA) is 166 Å². The minimum Gasteiger partial charge on any atom is -0.467 e. The number of ether oxygens (including phenoxy) is 1. The van der Waals surface area contributed by atoms with Crippen LogP contribution in [-0.4, -0.2) is 53.7 Å². The second-order valence-corrected chi connectivity index (χ2v) is 10.5. The van der Waals surface area contributed by atoms with Crippen LogP contribution in [0.15, 0.2) is 0 Å². The molecule has 0 saturated carbocycles. The van der Waals surface area contributed by atoms with Gasteiger partial charge in [-0.15, -0.1) is 0 Å². The van der Waals surface area contributed by atoms with Gasteiger partial charge in [-0.2, -0.15) is 0 Å². The van der Waals surface area contributed by atoms with E-state index in [0.29, 0.717) is 28.4 Å². The zero-order valence-electron chi connectivity index (χ0n) is 10.9. The molecule has 0 saturated heterocycles. The highest BCUT2D eigenvalue weighted by atomic mass is 31.3. The molecule has 0 bridgehead atoms.